The molecule has 0 unspecified atom stereocenters. The van der Waals surface area contributed by atoms with Crippen molar-refractivity contribution in [2.75, 3.05) is 6.61 Å². The predicted molar refractivity (Wildman–Crippen MR) is 116 cm³/mol. The number of hydrogen-bond donors (Lipinski definition) is 0. The number of aromatic nitrogens is 7. The molecule has 0 saturated heterocycles. The Morgan fingerprint density at radius 2 is 1.96 bits per heavy atom. The van der Waals surface area contributed by atoms with Gasteiger partial charge in [-0.3, -0.25) is 0 Å². The maximum Gasteiger partial charge on any atom is 0.278 e. The Hall–Kier alpha value is -2.12. The van der Waals surface area contributed by atoms with Crippen molar-refractivity contribution in [1.82, 2.24) is 34.9 Å². The van der Waals surface area contributed by atoms with Gasteiger partial charge in [0.15, 0.2) is 5.52 Å². The van der Waals surface area contributed by atoms with Crippen LogP contribution in [0.3, 0.4) is 0 Å². The van der Waals surface area contributed by atoms with Crippen LogP contribution in [-0.4, -0.2) is 49.6 Å². The summed E-state index contributed by atoms with van der Waals surface area (Å²) in [6, 6.07) is 8.65. The zero-order chi connectivity index (χ0) is 19.7. The fourth-order valence-electron chi connectivity index (χ4n) is 2.64. The van der Waals surface area contributed by atoms with Gasteiger partial charge >= 0.3 is 0 Å². The third kappa shape index (κ3) is 4.00. The van der Waals surface area contributed by atoms with Crippen molar-refractivity contribution in [2.45, 2.75) is 32.4 Å². The molecule has 3 aromatic heterocycles. The summed E-state index contributed by atoms with van der Waals surface area (Å²) >= 11 is 2.15. The van der Waals surface area contributed by atoms with Crippen molar-refractivity contribution in [3.05, 3.63) is 34.3 Å². The first kappa shape index (κ1) is 19.2. The number of halogens is 1. The number of fused-ring (bicyclic) bond motifs is 2. The number of ether oxygens (including phenoxy) is 1. The Morgan fingerprint density at radius 3 is 2.79 bits per heavy atom. The molecule has 0 aliphatic rings. The molecule has 0 N–H and O–H groups in total. The first-order valence-electron chi connectivity index (χ1n) is 8.86. The van der Waals surface area contributed by atoms with Gasteiger partial charge in [0.2, 0.25) is 0 Å². The zero-order valence-corrected chi connectivity index (χ0v) is 19.0. The Balaban J connectivity index is 1.63. The van der Waals surface area contributed by atoms with Gasteiger partial charge in [0, 0.05) is 14.7 Å². The summed E-state index contributed by atoms with van der Waals surface area (Å²) in [6.45, 7) is 7.98. The first-order valence-corrected chi connectivity index (χ1v) is 13.6. The first-order chi connectivity index (χ1) is 13.4. The number of para-hydroxylation sites is 1. The third-order valence-electron chi connectivity index (χ3n) is 4.16. The van der Waals surface area contributed by atoms with Crippen LogP contribution in [0.2, 0.25) is 25.7 Å². The van der Waals surface area contributed by atoms with Crippen molar-refractivity contribution in [1.29, 1.82) is 0 Å². The van der Waals surface area contributed by atoms with Crippen molar-refractivity contribution in [2.24, 2.45) is 0 Å². The molecular weight excluding hydrogens is 489 g/mol. The van der Waals surface area contributed by atoms with Gasteiger partial charge in [0.1, 0.15) is 33.3 Å². The van der Waals surface area contributed by atoms with Crippen LogP contribution in [0.15, 0.2) is 30.6 Å². The highest BCUT2D eigenvalue weighted by Gasteiger charge is 2.19. The Labute approximate surface area is 176 Å². The standard InChI is InChI=1S/C17H20IN7O2Si/c1-28(2,3)9-8-26-11-24-15-14(16(18)22-24)19-10-20-17(15)27-25-13-7-5-4-6-12(13)21-23-25/h4-7,10H,8-9,11H2,1-3H3. The monoisotopic (exact) mass is 509 g/mol. The topological polar surface area (TPSA) is 92.8 Å². The molecule has 4 rings (SSSR count). The summed E-state index contributed by atoms with van der Waals surface area (Å²) in [7, 11) is -1.15. The van der Waals surface area contributed by atoms with E-state index in [1.54, 1.807) is 4.68 Å². The van der Waals surface area contributed by atoms with Crippen LogP contribution in [0.5, 0.6) is 5.88 Å². The van der Waals surface area contributed by atoms with Gasteiger partial charge < -0.3 is 9.57 Å². The fraction of sp³-hybridized carbons (Fsp3) is 0.353. The van der Waals surface area contributed by atoms with Crippen LogP contribution in [0.1, 0.15) is 0 Å². The Kier molecular flexibility index (Phi) is 5.29. The molecule has 0 radical (unpaired) electrons. The summed E-state index contributed by atoms with van der Waals surface area (Å²) in [5, 5.41) is 12.7. The SMILES string of the molecule is C[Si](C)(C)CCOCn1nc(I)c2ncnc(On3nnc4ccccc43)c21. The van der Waals surface area contributed by atoms with Crippen molar-refractivity contribution in [3.63, 3.8) is 0 Å². The van der Waals surface area contributed by atoms with E-state index in [0.717, 1.165) is 20.8 Å². The number of hydrogen-bond acceptors (Lipinski definition) is 7. The second-order valence-electron chi connectivity index (χ2n) is 7.56. The number of benzene rings is 1. The second-order valence-corrected chi connectivity index (χ2v) is 14.2. The van der Waals surface area contributed by atoms with E-state index in [9.17, 15) is 0 Å². The van der Waals surface area contributed by atoms with E-state index in [2.05, 4.69) is 67.6 Å². The van der Waals surface area contributed by atoms with E-state index in [4.69, 9.17) is 9.57 Å². The molecular formula is C17H20IN7O2Si. The molecule has 0 amide bonds. The van der Waals surface area contributed by atoms with E-state index in [1.807, 2.05) is 24.3 Å². The molecule has 1 aromatic carbocycles. The highest BCUT2D eigenvalue weighted by atomic mass is 127. The van der Waals surface area contributed by atoms with Gasteiger partial charge in [-0.1, -0.05) is 36.6 Å². The van der Waals surface area contributed by atoms with Crippen LogP contribution in [0, 0.1) is 3.70 Å². The van der Waals surface area contributed by atoms with Crippen LogP contribution in [0.25, 0.3) is 22.1 Å². The Morgan fingerprint density at radius 1 is 1.14 bits per heavy atom. The third-order valence-corrected chi connectivity index (χ3v) is 6.59. The lowest BCUT2D eigenvalue weighted by Crippen LogP contribution is -2.22. The molecule has 9 nitrogen and oxygen atoms in total. The molecule has 0 spiro atoms. The van der Waals surface area contributed by atoms with Crippen LogP contribution in [-0.2, 0) is 11.5 Å². The van der Waals surface area contributed by atoms with Gasteiger partial charge in [0.05, 0.1) is 0 Å². The molecule has 0 atom stereocenters. The van der Waals surface area contributed by atoms with Crippen LogP contribution >= 0.6 is 22.6 Å². The zero-order valence-electron chi connectivity index (χ0n) is 15.8. The number of rotatable bonds is 7. The maximum absolute atomic E-state index is 5.94. The van der Waals surface area contributed by atoms with Crippen LogP contribution in [0.4, 0.5) is 0 Å². The molecule has 28 heavy (non-hydrogen) atoms. The largest absolute Gasteiger partial charge is 0.360 e. The molecule has 3 heterocycles. The fourth-order valence-corrected chi connectivity index (χ4v) is 4.05. The summed E-state index contributed by atoms with van der Waals surface area (Å²) in [5.41, 5.74) is 2.87. The molecule has 0 bridgehead atoms. The normalized spacial score (nSPS) is 12.1. The molecule has 11 heteroatoms. The van der Waals surface area contributed by atoms with Gasteiger partial charge in [-0.25, -0.2) is 9.67 Å². The van der Waals surface area contributed by atoms with E-state index < -0.39 is 8.07 Å². The summed E-state index contributed by atoms with van der Waals surface area (Å²) < 4.78 is 8.36. The molecule has 0 saturated carbocycles. The van der Waals surface area contributed by atoms with Crippen molar-refractivity contribution in [3.8, 4) is 5.88 Å². The molecule has 0 aliphatic carbocycles. The van der Waals surface area contributed by atoms with Gasteiger partial charge in [-0.2, -0.15) is 10.1 Å². The summed E-state index contributed by atoms with van der Waals surface area (Å²) in [5.74, 6) is 0.352. The predicted octanol–water partition coefficient (Wildman–Crippen LogP) is 3.33. The van der Waals surface area contributed by atoms with Gasteiger partial charge in [-0.15, -0.1) is 5.10 Å². The Bertz CT molecular complexity index is 1120. The minimum absolute atomic E-state index is 0.311. The van der Waals surface area contributed by atoms with Gasteiger partial charge in [-0.05, 0) is 46.0 Å². The lowest BCUT2D eigenvalue weighted by Gasteiger charge is -2.15. The average Bonchev–Trinajstić information content (AvgIpc) is 3.20. The van der Waals surface area contributed by atoms with E-state index >= 15 is 0 Å². The highest BCUT2D eigenvalue weighted by molar-refractivity contribution is 14.1. The van der Waals surface area contributed by atoms with Gasteiger partial charge in [0.25, 0.3) is 5.88 Å². The molecule has 0 fully saturated rings. The summed E-state index contributed by atoms with van der Waals surface area (Å²) in [4.78, 5) is 15.9. The van der Waals surface area contributed by atoms with Crippen molar-refractivity contribution < 1.29 is 9.57 Å². The second kappa shape index (κ2) is 7.71. The smallest absolute Gasteiger partial charge is 0.278 e. The van der Waals surface area contributed by atoms with E-state index in [1.165, 1.54) is 11.2 Å². The quantitative estimate of drug-likeness (QED) is 0.214. The minimum Gasteiger partial charge on any atom is -0.360 e. The van der Waals surface area contributed by atoms with E-state index in [-0.39, 0.29) is 0 Å². The summed E-state index contributed by atoms with van der Waals surface area (Å²) in [6.07, 6.45) is 1.46. The van der Waals surface area contributed by atoms with E-state index in [0.29, 0.717) is 30.3 Å². The lowest BCUT2D eigenvalue weighted by molar-refractivity contribution is 0.0804. The van der Waals surface area contributed by atoms with Crippen LogP contribution < -0.4 is 4.84 Å². The highest BCUT2D eigenvalue weighted by Crippen LogP contribution is 2.26. The molecule has 146 valence electrons. The molecule has 4 aromatic rings. The lowest BCUT2D eigenvalue weighted by atomic mass is 10.3. The minimum atomic E-state index is -1.15. The number of nitrogens with zero attached hydrogens (tertiary/aromatic N) is 7. The van der Waals surface area contributed by atoms with Crippen molar-refractivity contribution >= 4 is 52.7 Å². The average molecular weight is 509 g/mol. The maximum atomic E-state index is 5.94. The molecule has 0 aliphatic heterocycles.